The van der Waals surface area contributed by atoms with Crippen molar-refractivity contribution < 1.29 is 13.2 Å². The molecule has 5 nitrogen and oxygen atoms in total. The summed E-state index contributed by atoms with van der Waals surface area (Å²) in [5.41, 5.74) is -0.405. The number of nitrogens with one attached hydrogen (secondary N) is 1. The third-order valence-electron chi connectivity index (χ3n) is 3.12. The summed E-state index contributed by atoms with van der Waals surface area (Å²) in [6.45, 7) is 5.62. The van der Waals surface area contributed by atoms with Gasteiger partial charge in [0.05, 0.1) is 10.8 Å². The second kappa shape index (κ2) is 7.03. The normalized spacial score (nSPS) is 19.8. The van der Waals surface area contributed by atoms with Crippen LogP contribution in [0.4, 0.5) is 0 Å². The number of sulfonamides is 1. The van der Waals surface area contributed by atoms with Gasteiger partial charge in [-0.15, -0.1) is 11.8 Å². The van der Waals surface area contributed by atoms with Gasteiger partial charge in [0.1, 0.15) is 6.04 Å². The van der Waals surface area contributed by atoms with Crippen molar-refractivity contribution in [1.29, 1.82) is 0 Å². The van der Waals surface area contributed by atoms with Gasteiger partial charge >= 0.3 is 0 Å². The van der Waals surface area contributed by atoms with Crippen LogP contribution in [0.5, 0.6) is 0 Å². The zero-order valence-corrected chi connectivity index (χ0v) is 17.8. The van der Waals surface area contributed by atoms with E-state index in [0.717, 1.165) is 4.47 Å². The van der Waals surface area contributed by atoms with Gasteiger partial charge in [-0.3, -0.25) is 4.79 Å². The van der Waals surface area contributed by atoms with Gasteiger partial charge in [0, 0.05) is 20.2 Å². The summed E-state index contributed by atoms with van der Waals surface area (Å²) in [7, 11) is -3.75. The van der Waals surface area contributed by atoms with Gasteiger partial charge in [0.15, 0.2) is 0 Å². The maximum Gasteiger partial charge on any atom is 0.245 e. The molecule has 1 unspecified atom stereocenters. The van der Waals surface area contributed by atoms with Crippen LogP contribution in [0, 0.1) is 0 Å². The standard InChI is InChI=1S/C14H18Br2N2O3S2/c1-14(2,3)17-13(19)11-7-22-8-18(11)23(20,21)12-5-4-9(15)6-10(12)16/h4-6,11H,7-8H2,1-3H3,(H,17,19). The first-order valence-electron chi connectivity index (χ1n) is 6.89. The fraction of sp³-hybridized carbons (Fsp3) is 0.500. The molecule has 2 rings (SSSR count). The lowest BCUT2D eigenvalue weighted by Gasteiger charge is -2.27. The molecule has 128 valence electrons. The molecule has 0 bridgehead atoms. The lowest BCUT2D eigenvalue weighted by Crippen LogP contribution is -2.52. The topological polar surface area (TPSA) is 66.5 Å². The quantitative estimate of drug-likeness (QED) is 0.713. The SMILES string of the molecule is CC(C)(C)NC(=O)C1CSCN1S(=O)(=O)c1ccc(Br)cc1Br. The van der Waals surface area contributed by atoms with Gasteiger partial charge in [-0.05, 0) is 54.9 Å². The zero-order chi connectivity index (χ0) is 17.4. The summed E-state index contributed by atoms with van der Waals surface area (Å²) in [6, 6.07) is 4.19. The summed E-state index contributed by atoms with van der Waals surface area (Å²) in [6.07, 6.45) is 0. The Labute approximate surface area is 157 Å². The van der Waals surface area contributed by atoms with E-state index in [1.165, 1.54) is 22.1 Å². The predicted octanol–water partition coefficient (Wildman–Crippen LogP) is 3.19. The molecule has 1 aromatic carbocycles. The number of hydrogen-bond donors (Lipinski definition) is 1. The molecular weight excluding hydrogens is 468 g/mol. The molecule has 1 atom stereocenters. The second-order valence-electron chi connectivity index (χ2n) is 6.22. The third kappa shape index (κ3) is 4.50. The lowest BCUT2D eigenvalue weighted by atomic mass is 10.1. The van der Waals surface area contributed by atoms with Crippen molar-refractivity contribution in [2.45, 2.75) is 37.2 Å². The molecular formula is C14H18Br2N2O3S2. The molecule has 1 aliphatic heterocycles. The molecule has 1 N–H and O–H groups in total. The van der Waals surface area contributed by atoms with E-state index in [1.54, 1.807) is 12.1 Å². The number of amides is 1. The molecule has 0 aromatic heterocycles. The highest BCUT2D eigenvalue weighted by molar-refractivity contribution is 9.11. The van der Waals surface area contributed by atoms with E-state index < -0.39 is 21.6 Å². The molecule has 1 aliphatic rings. The van der Waals surface area contributed by atoms with Crippen LogP contribution in [0.2, 0.25) is 0 Å². The van der Waals surface area contributed by atoms with Crippen molar-refractivity contribution in [2.24, 2.45) is 0 Å². The van der Waals surface area contributed by atoms with Gasteiger partial charge in [0.2, 0.25) is 15.9 Å². The molecule has 0 saturated carbocycles. The first kappa shape index (κ1) is 19.2. The highest BCUT2D eigenvalue weighted by Crippen LogP contribution is 2.33. The fourth-order valence-corrected chi connectivity index (χ4v) is 6.99. The number of carbonyl (C=O) groups excluding carboxylic acids is 1. The van der Waals surface area contributed by atoms with Crippen molar-refractivity contribution in [3.63, 3.8) is 0 Å². The molecule has 1 amide bonds. The Hall–Kier alpha value is -0.0900. The first-order valence-corrected chi connectivity index (χ1v) is 11.1. The molecule has 1 fully saturated rings. The number of thioether (sulfide) groups is 1. The van der Waals surface area contributed by atoms with Gasteiger partial charge in [-0.2, -0.15) is 4.31 Å². The molecule has 1 heterocycles. The van der Waals surface area contributed by atoms with Crippen molar-refractivity contribution in [3.05, 3.63) is 27.1 Å². The Kier molecular flexibility index (Phi) is 5.88. The number of hydrogen-bond acceptors (Lipinski definition) is 4. The Morgan fingerprint density at radius 1 is 1.35 bits per heavy atom. The Morgan fingerprint density at radius 2 is 2.00 bits per heavy atom. The van der Waals surface area contributed by atoms with Crippen molar-refractivity contribution >= 4 is 59.6 Å². The van der Waals surface area contributed by atoms with Crippen LogP contribution in [-0.2, 0) is 14.8 Å². The van der Waals surface area contributed by atoms with E-state index in [2.05, 4.69) is 37.2 Å². The fourth-order valence-electron chi connectivity index (χ4n) is 2.13. The summed E-state index contributed by atoms with van der Waals surface area (Å²) < 4.78 is 28.4. The first-order chi connectivity index (χ1) is 10.5. The smallest absolute Gasteiger partial charge is 0.245 e. The van der Waals surface area contributed by atoms with Crippen LogP contribution >= 0.6 is 43.6 Å². The number of rotatable bonds is 3. The minimum absolute atomic E-state index is 0.164. The maximum atomic E-state index is 12.9. The second-order valence-corrected chi connectivity index (χ2v) is 10.9. The van der Waals surface area contributed by atoms with E-state index in [4.69, 9.17) is 0 Å². The lowest BCUT2D eigenvalue weighted by molar-refractivity contribution is -0.125. The average Bonchev–Trinajstić information content (AvgIpc) is 2.85. The third-order valence-corrected chi connectivity index (χ3v) is 7.62. The Balaban J connectivity index is 2.33. The largest absolute Gasteiger partial charge is 0.350 e. The van der Waals surface area contributed by atoms with Gasteiger partial charge in [0.25, 0.3) is 0 Å². The number of benzene rings is 1. The highest BCUT2D eigenvalue weighted by atomic mass is 79.9. The van der Waals surface area contributed by atoms with Crippen LogP contribution in [0.1, 0.15) is 20.8 Å². The number of halogens is 2. The van der Waals surface area contributed by atoms with Crippen LogP contribution < -0.4 is 5.32 Å². The van der Waals surface area contributed by atoms with E-state index in [-0.39, 0.29) is 16.7 Å². The molecule has 23 heavy (non-hydrogen) atoms. The molecule has 9 heteroatoms. The maximum absolute atomic E-state index is 12.9. The van der Waals surface area contributed by atoms with E-state index in [9.17, 15) is 13.2 Å². The van der Waals surface area contributed by atoms with E-state index in [1.807, 2.05) is 20.8 Å². The number of nitrogens with zero attached hydrogens (tertiary/aromatic N) is 1. The van der Waals surface area contributed by atoms with Crippen molar-refractivity contribution in [2.75, 3.05) is 11.6 Å². The minimum Gasteiger partial charge on any atom is -0.350 e. The minimum atomic E-state index is -3.75. The molecule has 1 saturated heterocycles. The van der Waals surface area contributed by atoms with Crippen LogP contribution in [0.25, 0.3) is 0 Å². The van der Waals surface area contributed by atoms with Crippen molar-refractivity contribution in [3.8, 4) is 0 Å². The molecule has 0 spiro atoms. The highest BCUT2D eigenvalue weighted by Gasteiger charge is 2.41. The average molecular weight is 486 g/mol. The summed E-state index contributed by atoms with van der Waals surface area (Å²) in [5, 5.41) is 2.86. The molecule has 1 aromatic rings. The van der Waals surface area contributed by atoms with Gasteiger partial charge in [-0.25, -0.2) is 8.42 Å². The number of carbonyl (C=O) groups is 1. The zero-order valence-electron chi connectivity index (χ0n) is 13.0. The van der Waals surface area contributed by atoms with E-state index in [0.29, 0.717) is 10.2 Å². The van der Waals surface area contributed by atoms with E-state index >= 15 is 0 Å². The Morgan fingerprint density at radius 3 is 2.57 bits per heavy atom. The Bertz CT molecular complexity index is 717. The van der Waals surface area contributed by atoms with Gasteiger partial charge < -0.3 is 5.32 Å². The molecule has 0 aliphatic carbocycles. The van der Waals surface area contributed by atoms with Crippen molar-refractivity contribution in [1.82, 2.24) is 9.62 Å². The van der Waals surface area contributed by atoms with Crippen LogP contribution in [-0.4, -0.2) is 41.8 Å². The summed E-state index contributed by atoms with van der Waals surface area (Å²) in [4.78, 5) is 12.6. The van der Waals surface area contributed by atoms with Crippen LogP contribution in [0.3, 0.4) is 0 Å². The molecule has 0 radical (unpaired) electrons. The summed E-state index contributed by atoms with van der Waals surface area (Å²) >= 11 is 8.04. The van der Waals surface area contributed by atoms with Gasteiger partial charge in [-0.1, -0.05) is 15.9 Å². The predicted molar refractivity (Wildman–Crippen MR) is 99.9 cm³/mol. The van der Waals surface area contributed by atoms with Crippen LogP contribution in [0.15, 0.2) is 32.0 Å². The summed E-state index contributed by atoms with van der Waals surface area (Å²) in [5.74, 6) is 0.460. The monoisotopic (exact) mass is 484 g/mol.